The van der Waals surface area contributed by atoms with Crippen molar-refractivity contribution in [2.24, 2.45) is 11.5 Å². The average molecular weight is 318 g/mol. The van der Waals surface area contributed by atoms with E-state index in [9.17, 15) is 13.2 Å². The molecule has 126 valence electrons. The minimum Gasteiger partial charge on any atom is -0.406 e. The highest BCUT2D eigenvalue weighted by atomic mass is 19.4. The summed E-state index contributed by atoms with van der Waals surface area (Å²) >= 11 is 0. The zero-order valence-electron chi connectivity index (χ0n) is 12.7. The van der Waals surface area contributed by atoms with Crippen LogP contribution in [0.15, 0.2) is 24.3 Å². The van der Waals surface area contributed by atoms with E-state index in [0.717, 1.165) is 5.56 Å². The Labute approximate surface area is 129 Å². The Morgan fingerprint density at radius 2 is 1.45 bits per heavy atom. The molecule has 1 fully saturated rings. The highest BCUT2D eigenvalue weighted by molar-refractivity contribution is 5.27. The van der Waals surface area contributed by atoms with Crippen molar-refractivity contribution in [3.8, 4) is 5.75 Å². The SMILES string of the molecule is NC1CCCCCCC1.NCc1ccc(OC(F)(F)F)cc1. The minimum absolute atomic E-state index is 0.232. The molecule has 3 nitrogen and oxygen atoms in total. The van der Waals surface area contributed by atoms with E-state index in [1.165, 1.54) is 69.2 Å². The fourth-order valence-electron chi connectivity index (χ4n) is 2.31. The van der Waals surface area contributed by atoms with Crippen molar-refractivity contribution in [2.45, 2.75) is 63.9 Å². The Balaban J connectivity index is 0.000000235. The second-order valence-corrected chi connectivity index (χ2v) is 5.50. The second-order valence-electron chi connectivity index (χ2n) is 5.50. The van der Waals surface area contributed by atoms with Crippen LogP contribution in [0.3, 0.4) is 0 Å². The topological polar surface area (TPSA) is 61.3 Å². The van der Waals surface area contributed by atoms with Gasteiger partial charge in [0.2, 0.25) is 0 Å². The summed E-state index contributed by atoms with van der Waals surface area (Å²) in [4.78, 5) is 0. The lowest BCUT2D eigenvalue weighted by Crippen LogP contribution is -2.20. The monoisotopic (exact) mass is 318 g/mol. The smallest absolute Gasteiger partial charge is 0.406 e. The molecule has 1 aliphatic rings. The fraction of sp³-hybridized carbons (Fsp3) is 0.625. The van der Waals surface area contributed by atoms with E-state index in [4.69, 9.17) is 11.5 Å². The molecule has 2 rings (SSSR count). The van der Waals surface area contributed by atoms with Gasteiger partial charge >= 0.3 is 6.36 Å². The third-order valence-electron chi connectivity index (χ3n) is 3.54. The van der Waals surface area contributed by atoms with Crippen molar-refractivity contribution in [1.82, 2.24) is 0 Å². The summed E-state index contributed by atoms with van der Waals surface area (Å²) < 4.78 is 38.7. The molecule has 0 bridgehead atoms. The normalized spacial score (nSPS) is 17.0. The largest absolute Gasteiger partial charge is 0.573 e. The molecule has 0 atom stereocenters. The third kappa shape index (κ3) is 8.89. The van der Waals surface area contributed by atoms with Gasteiger partial charge in [0.15, 0.2) is 0 Å². The Morgan fingerprint density at radius 1 is 0.955 bits per heavy atom. The number of rotatable bonds is 2. The van der Waals surface area contributed by atoms with Gasteiger partial charge < -0.3 is 16.2 Å². The molecule has 1 aromatic carbocycles. The summed E-state index contributed by atoms with van der Waals surface area (Å²) in [6.45, 7) is 0.298. The number of hydrogen-bond donors (Lipinski definition) is 2. The summed E-state index contributed by atoms with van der Waals surface area (Å²) in [7, 11) is 0. The summed E-state index contributed by atoms with van der Waals surface area (Å²) in [6.07, 6.45) is 4.88. The molecule has 6 heteroatoms. The number of nitrogens with two attached hydrogens (primary N) is 2. The van der Waals surface area contributed by atoms with Crippen molar-refractivity contribution in [2.75, 3.05) is 0 Å². The zero-order valence-corrected chi connectivity index (χ0v) is 12.7. The van der Waals surface area contributed by atoms with Gasteiger partial charge in [-0.15, -0.1) is 13.2 Å². The molecule has 0 amide bonds. The van der Waals surface area contributed by atoms with Crippen LogP contribution in [0.5, 0.6) is 5.75 Å². The van der Waals surface area contributed by atoms with Gasteiger partial charge in [-0.2, -0.15) is 0 Å². The van der Waals surface area contributed by atoms with Gasteiger partial charge in [-0.3, -0.25) is 0 Å². The Hall–Kier alpha value is -1.27. The molecule has 0 heterocycles. The molecule has 0 aliphatic heterocycles. The van der Waals surface area contributed by atoms with Crippen LogP contribution in [0, 0.1) is 0 Å². The maximum absolute atomic E-state index is 11.7. The van der Waals surface area contributed by atoms with E-state index >= 15 is 0 Å². The van der Waals surface area contributed by atoms with Crippen LogP contribution in [0.1, 0.15) is 50.5 Å². The van der Waals surface area contributed by atoms with Crippen molar-refractivity contribution in [3.63, 3.8) is 0 Å². The van der Waals surface area contributed by atoms with Crippen LogP contribution in [-0.4, -0.2) is 12.4 Å². The molecule has 0 unspecified atom stereocenters. The summed E-state index contributed by atoms with van der Waals surface area (Å²) in [5, 5.41) is 0. The molecule has 4 N–H and O–H groups in total. The predicted octanol–water partition coefficient (Wildman–Crippen LogP) is 4.10. The molecule has 0 spiro atoms. The number of ether oxygens (including phenoxy) is 1. The number of halogens is 3. The van der Waals surface area contributed by atoms with E-state index in [1.807, 2.05) is 0 Å². The molecule has 1 saturated carbocycles. The second kappa shape index (κ2) is 9.69. The van der Waals surface area contributed by atoms with Gasteiger partial charge in [0.1, 0.15) is 5.75 Å². The summed E-state index contributed by atoms with van der Waals surface area (Å²) in [5.74, 6) is -0.232. The number of benzene rings is 1. The Morgan fingerprint density at radius 3 is 1.91 bits per heavy atom. The van der Waals surface area contributed by atoms with Crippen molar-refractivity contribution < 1.29 is 17.9 Å². The number of alkyl halides is 3. The lowest BCUT2D eigenvalue weighted by atomic mass is 9.98. The summed E-state index contributed by atoms with van der Waals surface area (Å²) in [5.41, 5.74) is 11.8. The van der Waals surface area contributed by atoms with Gasteiger partial charge in [0.05, 0.1) is 0 Å². The standard InChI is InChI=1S/C8H8F3NO.C8H17N/c9-8(10,11)13-7-3-1-6(5-12)2-4-7;9-8-6-4-2-1-3-5-7-8/h1-4H,5,12H2;8H,1-7,9H2. The first kappa shape index (κ1) is 18.8. The van der Waals surface area contributed by atoms with Gasteiger partial charge in [-0.1, -0.05) is 44.2 Å². The first-order chi connectivity index (χ1) is 10.4. The van der Waals surface area contributed by atoms with Gasteiger partial charge in [0.25, 0.3) is 0 Å². The number of hydrogen-bond acceptors (Lipinski definition) is 3. The van der Waals surface area contributed by atoms with E-state index in [1.54, 1.807) is 0 Å². The quantitative estimate of drug-likeness (QED) is 0.863. The van der Waals surface area contributed by atoms with Crippen LogP contribution in [0.2, 0.25) is 0 Å². The first-order valence-corrected chi connectivity index (χ1v) is 7.71. The van der Waals surface area contributed by atoms with Crippen LogP contribution < -0.4 is 16.2 Å². The maximum Gasteiger partial charge on any atom is 0.573 e. The lowest BCUT2D eigenvalue weighted by molar-refractivity contribution is -0.274. The van der Waals surface area contributed by atoms with Crippen molar-refractivity contribution in [3.05, 3.63) is 29.8 Å². The molecule has 0 aromatic heterocycles. The highest BCUT2D eigenvalue weighted by Crippen LogP contribution is 2.22. The summed E-state index contributed by atoms with van der Waals surface area (Å²) in [6, 6.07) is 5.96. The molecular formula is C16H25F3N2O. The van der Waals surface area contributed by atoms with Gasteiger partial charge in [-0.25, -0.2) is 0 Å². The zero-order chi connectivity index (χ0) is 16.4. The van der Waals surface area contributed by atoms with Crippen LogP contribution >= 0.6 is 0 Å². The molecule has 1 aliphatic carbocycles. The average Bonchev–Trinajstić information content (AvgIpc) is 2.43. The maximum atomic E-state index is 11.7. The molecule has 0 saturated heterocycles. The van der Waals surface area contributed by atoms with Crippen LogP contribution in [0.25, 0.3) is 0 Å². The molecule has 22 heavy (non-hydrogen) atoms. The van der Waals surface area contributed by atoms with Crippen LogP contribution in [0.4, 0.5) is 13.2 Å². The molecule has 1 aromatic rings. The van der Waals surface area contributed by atoms with E-state index in [-0.39, 0.29) is 5.75 Å². The Bertz CT molecular complexity index is 399. The van der Waals surface area contributed by atoms with Crippen molar-refractivity contribution >= 4 is 0 Å². The third-order valence-corrected chi connectivity index (χ3v) is 3.54. The van der Waals surface area contributed by atoms with E-state index in [0.29, 0.717) is 12.6 Å². The van der Waals surface area contributed by atoms with E-state index in [2.05, 4.69) is 4.74 Å². The first-order valence-electron chi connectivity index (χ1n) is 7.71. The minimum atomic E-state index is -4.63. The predicted molar refractivity (Wildman–Crippen MR) is 81.3 cm³/mol. The highest BCUT2D eigenvalue weighted by Gasteiger charge is 2.30. The van der Waals surface area contributed by atoms with Gasteiger partial charge in [-0.05, 0) is 30.5 Å². The van der Waals surface area contributed by atoms with Crippen LogP contribution in [-0.2, 0) is 6.54 Å². The lowest BCUT2D eigenvalue weighted by Gasteiger charge is -2.13. The van der Waals surface area contributed by atoms with Gasteiger partial charge in [0, 0.05) is 12.6 Å². The van der Waals surface area contributed by atoms with E-state index < -0.39 is 6.36 Å². The van der Waals surface area contributed by atoms with Crippen molar-refractivity contribution in [1.29, 1.82) is 0 Å². The molecule has 0 radical (unpaired) electrons. The molecular weight excluding hydrogens is 293 g/mol. The fourth-order valence-corrected chi connectivity index (χ4v) is 2.31. The Kier molecular flexibility index (Phi) is 8.27.